The van der Waals surface area contributed by atoms with E-state index in [0.29, 0.717) is 23.7 Å². The molecule has 0 fully saturated rings. The van der Waals surface area contributed by atoms with Gasteiger partial charge in [0.1, 0.15) is 24.2 Å². The van der Waals surface area contributed by atoms with Gasteiger partial charge in [-0.25, -0.2) is 4.98 Å². The average Bonchev–Trinajstić information content (AvgIpc) is 3.34. The van der Waals surface area contributed by atoms with Crippen molar-refractivity contribution in [1.29, 1.82) is 0 Å². The predicted octanol–water partition coefficient (Wildman–Crippen LogP) is 1.61. The zero-order chi connectivity index (χ0) is 18.8. The minimum absolute atomic E-state index is 0.00114. The van der Waals surface area contributed by atoms with Crippen LogP contribution in [0.5, 0.6) is 5.75 Å². The van der Waals surface area contributed by atoms with E-state index in [1.54, 1.807) is 30.5 Å². The number of anilines is 1. The van der Waals surface area contributed by atoms with Gasteiger partial charge in [-0.2, -0.15) is 0 Å². The number of benzene rings is 1. The average molecular weight is 383 g/mol. The zero-order valence-corrected chi connectivity index (χ0v) is 15.3. The van der Waals surface area contributed by atoms with E-state index >= 15 is 0 Å². The van der Waals surface area contributed by atoms with Crippen LogP contribution in [0.25, 0.3) is 0 Å². The second-order valence-electron chi connectivity index (χ2n) is 6.06. The Labute approximate surface area is 159 Å². The first-order valence-corrected chi connectivity index (χ1v) is 9.23. The monoisotopic (exact) mass is 383 g/mol. The fourth-order valence-electron chi connectivity index (χ4n) is 2.83. The smallest absolute Gasteiger partial charge is 0.291 e. The van der Waals surface area contributed by atoms with Gasteiger partial charge in [0, 0.05) is 18.3 Å². The molecule has 0 bridgehead atoms. The number of carbonyl (C=O) groups is 2. The van der Waals surface area contributed by atoms with Crippen LogP contribution in [0.2, 0.25) is 0 Å². The Morgan fingerprint density at radius 3 is 3.04 bits per heavy atom. The number of amides is 2. The van der Waals surface area contributed by atoms with E-state index in [0.717, 1.165) is 4.88 Å². The summed E-state index contributed by atoms with van der Waals surface area (Å²) in [6, 6.07) is 10.4. The molecule has 1 atom stereocenters. The number of fused-ring (bicyclic) bond motifs is 1. The highest BCUT2D eigenvalue weighted by Gasteiger charge is 2.31. The molecule has 1 aliphatic rings. The van der Waals surface area contributed by atoms with E-state index in [2.05, 4.69) is 20.5 Å². The molecule has 9 heteroatoms. The Morgan fingerprint density at radius 2 is 2.22 bits per heavy atom. The molecule has 3 heterocycles. The molecule has 0 aliphatic carbocycles. The van der Waals surface area contributed by atoms with Gasteiger partial charge in [0.2, 0.25) is 5.82 Å². The minimum atomic E-state index is -0.825. The van der Waals surface area contributed by atoms with E-state index in [4.69, 9.17) is 4.74 Å². The first kappa shape index (κ1) is 17.2. The summed E-state index contributed by atoms with van der Waals surface area (Å²) in [6.45, 7) is 0.0401. The maximum absolute atomic E-state index is 12.7. The van der Waals surface area contributed by atoms with Crippen molar-refractivity contribution in [1.82, 2.24) is 20.5 Å². The number of hydrogen-bond donors (Lipinski definition) is 2. The maximum Gasteiger partial charge on any atom is 0.291 e. The quantitative estimate of drug-likeness (QED) is 0.713. The van der Waals surface area contributed by atoms with Crippen molar-refractivity contribution in [3.63, 3.8) is 0 Å². The van der Waals surface area contributed by atoms with Gasteiger partial charge in [0.15, 0.2) is 0 Å². The Bertz CT molecular complexity index is 969. The van der Waals surface area contributed by atoms with Crippen molar-refractivity contribution >= 4 is 28.8 Å². The lowest BCUT2D eigenvalue weighted by molar-refractivity contribution is -0.120. The number of aromatic amines is 1. The van der Waals surface area contributed by atoms with Crippen molar-refractivity contribution < 1.29 is 14.3 Å². The number of H-pyrrole nitrogens is 1. The summed E-state index contributed by atoms with van der Waals surface area (Å²) in [5.41, 5.74) is 0.662. The molecule has 0 unspecified atom stereocenters. The van der Waals surface area contributed by atoms with Crippen molar-refractivity contribution in [3.8, 4) is 5.75 Å². The fourth-order valence-corrected chi connectivity index (χ4v) is 3.54. The third kappa shape index (κ3) is 3.54. The van der Waals surface area contributed by atoms with Gasteiger partial charge < -0.3 is 15.0 Å². The summed E-state index contributed by atoms with van der Waals surface area (Å²) in [5, 5.41) is 11.4. The molecule has 27 heavy (non-hydrogen) atoms. The summed E-state index contributed by atoms with van der Waals surface area (Å²) in [5.74, 6) is 0.406. The number of aromatic nitrogens is 3. The van der Waals surface area contributed by atoms with E-state index in [1.807, 2.05) is 29.6 Å². The SMILES string of the molecule is CN1C(=O)[C@@H](NC(=O)c2n[nH]c(Cc3cccs3)n2)COc2ccccc21. The third-order valence-electron chi connectivity index (χ3n) is 4.22. The molecule has 2 aromatic heterocycles. The number of ether oxygens (including phenoxy) is 1. The van der Waals surface area contributed by atoms with Crippen LogP contribution in [0.1, 0.15) is 21.3 Å². The highest BCUT2D eigenvalue weighted by molar-refractivity contribution is 7.09. The van der Waals surface area contributed by atoms with Gasteiger partial charge in [-0.05, 0) is 23.6 Å². The maximum atomic E-state index is 12.7. The lowest BCUT2D eigenvalue weighted by Gasteiger charge is -2.19. The van der Waals surface area contributed by atoms with Gasteiger partial charge in [-0.15, -0.1) is 16.4 Å². The lowest BCUT2D eigenvalue weighted by Crippen LogP contribution is -2.49. The zero-order valence-electron chi connectivity index (χ0n) is 14.5. The molecule has 0 spiro atoms. The van der Waals surface area contributed by atoms with E-state index in [9.17, 15) is 9.59 Å². The normalized spacial score (nSPS) is 16.4. The molecule has 4 rings (SSSR count). The van der Waals surface area contributed by atoms with Crippen LogP contribution >= 0.6 is 11.3 Å². The predicted molar refractivity (Wildman–Crippen MR) is 100 cm³/mol. The highest BCUT2D eigenvalue weighted by Crippen LogP contribution is 2.29. The van der Waals surface area contributed by atoms with Crippen LogP contribution in [0.4, 0.5) is 5.69 Å². The number of thiophene rings is 1. The lowest BCUT2D eigenvalue weighted by atomic mass is 10.2. The fraction of sp³-hybridized carbons (Fsp3) is 0.222. The van der Waals surface area contributed by atoms with Crippen LogP contribution in [0.3, 0.4) is 0 Å². The van der Waals surface area contributed by atoms with Gasteiger partial charge in [0.05, 0.1) is 5.69 Å². The second-order valence-corrected chi connectivity index (χ2v) is 7.10. The molecule has 3 aromatic rings. The number of nitrogens with zero attached hydrogens (tertiary/aromatic N) is 3. The van der Waals surface area contributed by atoms with Crippen molar-refractivity contribution in [2.24, 2.45) is 0 Å². The van der Waals surface area contributed by atoms with Crippen molar-refractivity contribution in [3.05, 3.63) is 58.3 Å². The third-order valence-corrected chi connectivity index (χ3v) is 5.10. The standard InChI is InChI=1S/C18H17N5O3S/c1-23-13-6-2-3-7-14(13)26-10-12(18(23)25)19-17(24)16-20-15(21-22-16)9-11-5-4-8-27-11/h2-8,12H,9-10H2,1H3,(H,19,24)(H,20,21,22)/t12-/m0/s1. The van der Waals surface area contributed by atoms with Crippen LogP contribution in [-0.4, -0.2) is 46.7 Å². The molecule has 138 valence electrons. The second kappa shape index (κ2) is 7.20. The Hall–Kier alpha value is -3.20. The van der Waals surface area contributed by atoms with Gasteiger partial charge in [-0.1, -0.05) is 18.2 Å². The molecular formula is C18H17N5O3S. The van der Waals surface area contributed by atoms with Crippen LogP contribution in [0, 0.1) is 0 Å². The summed E-state index contributed by atoms with van der Waals surface area (Å²) < 4.78 is 5.69. The van der Waals surface area contributed by atoms with Gasteiger partial charge >= 0.3 is 0 Å². The number of carbonyl (C=O) groups excluding carboxylic acids is 2. The Morgan fingerprint density at radius 1 is 1.37 bits per heavy atom. The van der Waals surface area contributed by atoms with Crippen molar-refractivity contribution in [2.75, 3.05) is 18.6 Å². The number of nitrogens with one attached hydrogen (secondary N) is 2. The summed E-state index contributed by atoms with van der Waals surface area (Å²) in [4.78, 5) is 32.0. The first-order valence-electron chi connectivity index (χ1n) is 8.36. The van der Waals surface area contributed by atoms with Crippen LogP contribution in [0.15, 0.2) is 41.8 Å². The molecular weight excluding hydrogens is 366 g/mol. The number of hydrogen-bond acceptors (Lipinski definition) is 6. The molecule has 2 amide bonds. The topological polar surface area (TPSA) is 100 Å². The summed E-state index contributed by atoms with van der Waals surface area (Å²) in [6.07, 6.45) is 0.571. The van der Waals surface area contributed by atoms with E-state index in [-0.39, 0.29) is 18.3 Å². The summed E-state index contributed by atoms with van der Waals surface area (Å²) in [7, 11) is 1.65. The van der Waals surface area contributed by atoms with Gasteiger partial charge in [-0.3, -0.25) is 14.7 Å². The summed E-state index contributed by atoms with van der Waals surface area (Å²) >= 11 is 1.61. The number of para-hydroxylation sites is 2. The van der Waals surface area contributed by atoms with Crippen LogP contribution < -0.4 is 15.0 Å². The molecule has 1 aliphatic heterocycles. The minimum Gasteiger partial charge on any atom is -0.489 e. The molecule has 8 nitrogen and oxygen atoms in total. The highest BCUT2D eigenvalue weighted by atomic mass is 32.1. The molecule has 2 N–H and O–H groups in total. The molecule has 0 radical (unpaired) electrons. The first-order chi connectivity index (χ1) is 13.1. The number of rotatable bonds is 4. The molecule has 1 aromatic carbocycles. The Kier molecular flexibility index (Phi) is 4.59. The largest absolute Gasteiger partial charge is 0.489 e. The molecule has 0 saturated carbocycles. The molecule has 0 saturated heterocycles. The van der Waals surface area contributed by atoms with Crippen molar-refractivity contribution in [2.45, 2.75) is 12.5 Å². The van der Waals surface area contributed by atoms with Gasteiger partial charge in [0.25, 0.3) is 11.8 Å². The Balaban J connectivity index is 1.45. The van der Waals surface area contributed by atoms with E-state index < -0.39 is 11.9 Å². The van der Waals surface area contributed by atoms with E-state index in [1.165, 1.54) is 4.90 Å². The number of likely N-dealkylation sites (N-methyl/N-ethyl adjacent to an activating group) is 1. The van der Waals surface area contributed by atoms with Crippen LogP contribution in [-0.2, 0) is 11.2 Å².